The maximum absolute atomic E-state index is 3.30. The zero-order chi connectivity index (χ0) is 19.3. The zero-order valence-electron chi connectivity index (χ0n) is 18.8. The van der Waals surface area contributed by atoms with Gasteiger partial charge in [-0.1, -0.05) is 0 Å². The Labute approximate surface area is 176 Å². The third-order valence-electron chi connectivity index (χ3n) is 5.99. The van der Waals surface area contributed by atoms with E-state index in [2.05, 4.69) is 36.3 Å². The molecule has 0 atom stereocenters. The van der Waals surface area contributed by atoms with Crippen molar-refractivity contribution in [2.45, 2.75) is 136 Å². The van der Waals surface area contributed by atoms with Crippen molar-refractivity contribution in [3.8, 4) is 0 Å². The summed E-state index contributed by atoms with van der Waals surface area (Å²) >= 11 is 3.30. The summed E-state index contributed by atoms with van der Waals surface area (Å²) < 4.78 is 0. The first-order valence-electron chi connectivity index (χ1n) is 12.4. The Hall–Kier alpha value is 0.949. The van der Waals surface area contributed by atoms with Crippen LogP contribution in [0.4, 0.5) is 0 Å². The SMILES string of the molecule is CCCCCCCC[PH]([SeH])(CCCCCCCC)CCCCCCCC. The van der Waals surface area contributed by atoms with Gasteiger partial charge in [0.05, 0.1) is 0 Å². The van der Waals surface area contributed by atoms with Crippen LogP contribution in [-0.2, 0) is 0 Å². The molecule has 0 N–H and O–H groups in total. The number of hydrogen-bond acceptors (Lipinski definition) is 0. The Morgan fingerprint density at radius 3 is 0.885 bits per heavy atom. The van der Waals surface area contributed by atoms with E-state index >= 15 is 0 Å². The molecular weight excluding hydrogens is 398 g/mol. The van der Waals surface area contributed by atoms with Gasteiger partial charge >= 0.3 is 176 Å². The van der Waals surface area contributed by atoms with E-state index in [9.17, 15) is 0 Å². The number of rotatable bonds is 21. The Bertz CT molecular complexity index is 226. The maximum atomic E-state index is 3.30. The molecule has 0 aliphatic rings. The van der Waals surface area contributed by atoms with Crippen LogP contribution in [-0.4, -0.2) is 34.1 Å². The molecule has 0 aromatic rings. The fraction of sp³-hybridized carbons (Fsp3) is 1.00. The molecule has 0 radical (unpaired) electrons. The Morgan fingerprint density at radius 2 is 0.615 bits per heavy atom. The van der Waals surface area contributed by atoms with Crippen LogP contribution >= 0.6 is 5.95 Å². The van der Waals surface area contributed by atoms with Gasteiger partial charge in [0.2, 0.25) is 0 Å². The topological polar surface area (TPSA) is 0 Å². The summed E-state index contributed by atoms with van der Waals surface area (Å²) in [5.74, 6) is -1.02. The molecule has 26 heavy (non-hydrogen) atoms. The van der Waals surface area contributed by atoms with Crippen molar-refractivity contribution in [3.05, 3.63) is 0 Å². The second-order valence-corrected chi connectivity index (χ2v) is 18.7. The summed E-state index contributed by atoms with van der Waals surface area (Å²) in [5, 5.41) is 0. The average molecular weight is 452 g/mol. The van der Waals surface area contributed by atoms with Gasteiger partial charge in [-0.05, 0) is 0 Å². The molecule has 0 aliphatic carbocycles. The van der Waals surface area contributed by atoms with Gasteiger partial charge in [-0.3, -0.25) is 0 Å². The number of hydrogen-bond donors (Lipinski definition) is 0. The molecule has 0 aliphatic heterocycles. The van der Waals surface area contributed by atoms with Crippen LogP contribution in [0.3, 0.4) is 0 Å². The van der Waals surface area contributed by atoms with Gasteiger partial charge in [0.15, 0.2) is 0 Å². The summed E-state index contributed by atoms with van der Waals surface area (Å²) in [6, 6.07) is 0. The minimum absolute atomic E-state index is 1.02. The van der Waals surface area contributed by atoms with Crippen LogP contribution in [0.2, 0.25) is 0 Å². The van der Waals surface area contributed by atoms with Gasteiger partial charge in [-0.15, -0.1) is 0 Å². The van der Waals surface area contributed by atoms with Crippen molar-refractivity contribution in [1.82, 2.24) is 0 Å². The van der Waals surface area contributed by atoms with Gasteiger partial charge in [-0.25, -0.2) is 0 Å². The van der Waals surface area contributed by atoms with Gasteiger partial charge in [0, 0.05) is 0 Å². The quantitative estimate of drug-likeness (QED) is 0.0930. The van der Waals surface area contributed by atoms with Crippen molar-refractivity contribution >= 4 is 21.5 Å². The van der Waals surface area contributed by atoms with Crippen molar-refractivity contribution < 1.29 is 0 Å². The molecule has 0 saturated carbocycles. The summed E-state index contributed by atoms with van der Waals surface area (Å²) in [6.07, 6.45) is 31.2. The molecule has 0 saturated heterocycles. The average Bonchev–Trinajstić information content (AvgIpc) is 2.64. The van der Waals surface area contributed by atoms with Crippen molar-refractivity contribution in [2.24, 2.45) is 0 Å². The fourth-order valence-corrected chi connectivity index (χ4v) is 10.5. The first-order chi connectivity index (χ1) is 12.7. The fourth-order valence-electron chi connectivity index (χ4n) is 4.08. The molecule has 0 aromatic carbocycles. The predicted molar refractivity (Wildman–Crippen MR) is 130 cm³/mol. The molecule has 0 heterocycles. The van der Waals surface area contributed by atoms with Gasteiger partial charge in [0.1, 0.15) is 0 Å². The first kappa shape index (κ1) is 26.9. The van der Waals surface area contributed by atoms with Gasteiger partial charge in [-0.2, -0.15) is 0 Å². The minimum atomic E-state index is -1.02. The molecule has 0 amide bonds. The molecule has 0 fully saturated rings. The van der Waals surface area contributed by atoms with Crippen LogP contribution < -0.4 is 0 Å². The standard InChI is InChI=1S/C24H53PSe/c1-4-7-10-13-16-19-22-25(26,23-20-17-14-11-8-5-2)24-21-18-15-12-9-6-3/h25-26H,4-24H2,1-3H3. The second kappa shape index (κ2) is 20.7. The Morgan fingerprint density at radius 1 is 0.385 bits per heavy atom. The van der Waals surface area contributed by atoms with Crippen LogP contribution in [0.1, 0.15) is 136 Å². The normalized spacial score (nSPS) is 12.6. The molecule has 0 bridgehead atoms. The van der Waals surface area contributed by atoms with Gasteiger partial charge in [0.25, 0.3) is 0 Å². The number of unbranched alkanes of at least 4 members (excludes halogenated alkanes) is 15. The summed E-state index contributed by atoms with van der Waals surface area (Å²) in [4.78, 5) is 0. The van der Waals surface area contributed by atoms with E-state index in [1.54, 1.807) is 18.5 Å². The summed E-state index contributed by atoms with van der Waals surface area (Å²) in [5.41, 5.74) is 0. The molecule has 160 valence electrons. The third-order valence-corrected chi connectivity index (χ3v) is 14.1. The van der Waals surface area contributed by atoms with E-state index < -0.39 is 5.95 Å². The van der Waals surface area contributed by atoms with E-state index in [4.69, 9.17) is 0 Å². The molecule has 2 heteroatoms. The third kappa shape index (κ3) is 18.3. The van der Waals surface area contributed by atoms with Crippen molar-refractivity contribution in [3.63, 3.8) is 0 Å². The summed E-state index contributed by atoms with van der Waals surface area (Å²) in [7, 11) is 0. The van der Waals surface area contributed by atoms with E-state index in [-0.39, 0.29) is 0 Å². The predicted octanol–water partition coefficient (Wildman–Crippen LogP) is 8.63. The molecule has 0 unspecified atom stereocenters. The van der Waals surface area contributed by atoms with E-state index in [1.807, 2.05) is 0 Å². The van der Waals surface area contributed by atoms with Crippen LogP contribution in [0.5, 0.6) is 0 Å². The summed E-state index contributed by atoms with van der Waals surface area (Å²) in [6.45, 7) is 6.97. The van der Waals surface area contributed by atoms with E-state index in [0.717, 1.165) is 0 Å². The van der Waals surface area contributed by atoms with Gasteiger partial charge < -0.3 is 0 Å². The molecule has 0 spiro atoms. The van der Waals surface area contributed by atoms with Crippen LogP contribution in [0, 0.1) is 0 Å². The van der Waals surface area contributed by atoms with Crippen molar-refractivity contribution in [1.29, 1.82) is 0 Å². The monoisotopic (exact) mass is 452 g/mol. The molecule has 0 nitrogen and oxygen atoms in total. The molecular formula is C24H53PSe. The van der Waals surface area contributed by atoms with Crippen molar-refractivity contribution in [2.75, 3.05) is 18.5 Å². The van der Waals surface area contributed by atoms with E-state index in [0.29, 0.717) is 0 Å². The van der Waals surface area contributed by atoms with E-state index in [1.165, 1.54) is 116 Å². The second-order valence-electron chi connectivity index (χ2n) is 8.78. The van der Waals surface area contributed by atoms with Crippen LogP contribution in [0.15, 0.2) is 0 Å². The molecule has 0 aromatic heterocycles. The molecule has 0 rings (SSSR count). The van der Waals surface area contributed by atoms with Crippen LogP contribution in [0.25, 0.3) is 0 Å². The first-order valence-corrected chi connectivity index (χ1v) is 17.8. The zero-order valence-corrected chi connectivity index (χ0v) is 21.7. The Kier molecular flexibility index (Phi) is 21.4. The Balaban J connectivity index is 4.02.